The monoisotopic (exact) mass is 406 g/mol. The Balaban J connectivity index is 1.98. The zero-order chi connectivity index (χ0) is 20.6. The number of carbonyl (C=O) groups excluding carboxylic acids is 1. The number of carbonyl (C=O) groups is 1. The lowest BCUT2D eigenvalue weighted by molar-refractivity contribution is 0.0953. The fourth-order valence-corrected chi connectivity index (χ4v) is 4.06. The molecule has 0 saturated heterocycles. The largest absolute Gasteiger partial charge is 0.497 e. The molecule has 152 valence electrons. The van der Waals surface area contributed by atoms with Crippen LogP contribution in [0.4, 0.5) is 0 Å². The number of sulfonamides is 1. The van der Waals surface area contributed by atoms with Gasteiger partial charge in [0.25, 0.3) is 5.91 Å². The van der Waals surface area contributed by atoms with Crippen molar-refractivity contribution < 1.29 is 22.7 Å². The van der Waals surface area contributed by atoms with Crippen molar-refractivity contribution in [2.24, 2.45) is 0 Å². The van der Waals surface area contributed by atoms with Crippen molar-refractivity contribution >= 4 is 15.9 Å². The molecule has 1 N–H and O–H groups in total. The molecule has 7 nitrogen and oxygen atoms in total. The highest BCUT2D eigenvalue weighted by atomic mass is 32.2. The number of hydrogen-bond acceptors (Lipinski definition) is 5. The Morgan fingerprint density at radius 2 is 1.79 bits per heavy atom. The Kier molecular flexibility index (Phi) is 7.83. The number of rotatable bonds is 10. The quantitative estimate of drug-likeness (QED) is 0.654. The van der Waals surface area contributed by atoms with Crippen molar-refractivity contribution in [2.45, 2.75) is 13.5 Å². The molecule has 0 aliphatic carbocycles. The van der Waals surface area contributed by atoms with Crippen molar-refractivity contribution in [3.8, 4) is 11.5 Å². The summed E-state index contributed by atoms with van der Waals surface area (Å²) in [6, 6.07) is 14.2. The molecule has 8 heteroatoms. The molecule has 0 aliphatic rings. The molecule has 0 saturated carbocycles. The van der Waals surface area contributed by atoms with Crippen LogP contribution in [0.5, 0.6) is 11.5 Å². The maximum absolute atomic E-state index is 12.6. The molecular weight excluding hydrogens is 380 g/mol. The molecule has 2 aromatic carbocycles. The van der Waals surface area contributed by atoms with E-state index in [1.54, 1.807) is 25.1 Å². The third-order valence-electron chi connectivity index (χ3n) is 4.25. The van der Waals surface area contributed by atoms with Crippen molar-refractivity contribution in [3.63, 3.8) is 0 Å². The van der Waals surface area contributed by atoms with Crippen LogP contribution in [-0.2, 0) is 16.6 Å². The van der Waals surface area contributed by atoms with Crippen LogP contribution in [0.1, 0.15) is 22.8 Å². The highest BCUT2D eigenvalue weighted by molar-refractivity contribution is 7.89. The lowest BCUT2D eigenvalue weighted by Crippen LogP contribution is -2.37. The predicted molar refractivity (Wildman–Crippen MR) is 108 cm³/mol. The average Bonchev–Trinajstić information content (AvgIpc) is 2.71. The van der Waals surface area contributed by atoms with Crippen molar-refractivity contribution in [3.05, 3.63) is 59.7 Å². The van der Waals surface area contributed by atoms with Gasteiger partial charge < -0.3 is 14.8 Å². The molecule has 0 spiro atoms. The van der Waals surface area contributed by atoms with Crippen LogP contribution >= 0.6 is 0 Å². The van der Waals surface area contributed by atoms with Gasteiger partial charge in [0, 0.05) is 25.7 Å². The number of methoxy groups -OCH3 is 2. The van der Waals surface area contributed by atoms with E-state index in [0.29, 0.717) is 30.2 Å². The summed E-state index contributed by atoms with van der Waals surface area (Å²) in [5.74, 6) is 0.341. The van der Waals surface area contributed by atoms with Gasteiger partial charge in [0.15, 0.2) is 0 Å². The summed E-state index contributed by atoms with van der Waals surface area (Å²) in [6.45, 7) is 2.46. The molecule has 0 fully saturated rings. The maximum Gasteiger partial charge on any atom is 0.255 e. The summed E-state index contributed by atoms with van der Waals surface area (Å²) in [7, 11) is -0.528. The molecule has 0 aliphatic heterocycles. The van der Waals surface area contributed by atoms with Gasteiger partial charge >= 0.3 is 0 Å². The van der Waals surface area contributed by atoms with Gasteiger partial charge in [0.2, 0.25) is 10.0 Å². The average molecular weight is 407 g/mol. The van der Waals surface area contributed by atoms with E-state index in [4.69, 9.17) is 9.47 Å². The van der Waals surface area contributed by atoms with Gasteiger partial charge in [-0.3, -0.25) is 4.79 Å². The van der Waals surface area contributed by atoms with Gasteiger partial charge in [-0.2, -0.15) is 4.31 Å². The van der Waals surface area contributed by atoms with Crippen LogP contribution < -0.4 is 14.8 Å². The molecule has 28 heavy (non-hydrogen) atoms. The lowest BCUT2D eigenvalue weighted by atomic mass is 10.2. The van der Waals surface area contributed by atoms with Crippen molar-refractivity contribution in [1.82, 2.24) is 9.62 Å². The lowest BCUT2D eigenvalue weighted by Gasteiger charge is -2.20. The Labute approximate surface area is 166 Å². The fraction of sp³-hybridized carbons (Fsp3) is 0.350. The molecule has 0 aromatic heterocycles. The first-order valence-corrected chi connectivity index (χ1v) is 10.5. The van der Waals surface area contributed by atoms with E-state index < -0.39 is 15.9 Å². The van der Waals surface area contributed by atoms with Crippen molar-refractivity contribution in [2.75, 3.05) is 33.1 Å². The standard InChI is InChI=1S/C20H26N2O5S/c1-4-22(15-16-8-6-5-7-9-16)28(24,25)13-12-21-20(23)18-11-10-17(26-2)14-19(18)27-3/h5-11,14H,4,12-13,15H2,1-3H3,(H,21,23). The fourth-order valence-electron chi connectivity index (χ4n) is 2.70. The number of benzene rings is 2. The molecule has 0 bridgehead atoms. The number of amides is 1. The van der Waals surface area contributed by atoms with Gasteiger partial charge in [-0.25, -0.2) is 8.42 Å². The summed E-state index contributed by atoms with van der Waals surface area (Å²) < 4.78 is 37.0. The highest BCUT2D eigenvalue weighted by Crippen LogP contribution is 2.24. The summed E-state index contributed by atoms with van der Waals surface area (Å²) in [4.78, 5) is 12.4. The van der Waals surface area contributed by atoms with E-state index in [0.717, 1.165) is 5.56 Å². The first kappa shape index (κ1) is 21.7. The first-order chi connectivity index (χ1) is 13.4. The smallest absolute Gasteiger partial charge is 0.255 e. The van der Waals surface area contributed by atoms with Crippen LogP contribution in [0, 0.1) is 0 Å². The molecule has 2 rings (SSSR count). The number of hydrogen-bond donors (Lipinski definition) is 1. The Morgan fingerprint density at radius 3 is 2.39 bits per heavy atom. The van der Waals surface area contributed by atoms with E-state index >= 15 is 0 Å². The third kappa shape index (κ3) is 5.71. The second-order valence-electron chi connectivity index (χ2n) is 6.05. The molecule has 0 unspecified atom stereocenters. The van der Waals surface area contributed by atoms with E-state index in [2.05, 4.69) is 5.32 Å². The Morgan fingerprint density at radius 1 is 1.07 bits per heavy atom. The third-order valence-corrected chi connectivity index (χ3v) is 6.14. The van der Waals surface area contributed by atoms with Crippen LogP contribution in [-0.4, -0.2) is 51.7 Å². The number of ether oxygens (including phenoxy) is 2. The minimum absolute atomic E-state index is 0.00163. The van der Waals surface area contributed by atoms with Crippen LogP contribution in [0.15, 0.2) is 48.5 Å². The van der Waals surface area contributed by atoms with E-state index in [9.17, 15) is 13.2 Å². The maximum atomic E-state index is 12.6. The topological polar surface area (TPSA) is 84.9 Å². The SMILES string of the molecule is CCN(Cc1ccccc1)S(=O)(=O)CCNC(=O)c1ccc(OC)cc1OC. The van der Waals surface area contributed by atoms with E-state index in [1.165, 1.54) is 18.5 Å². The molecule has 0 radical (unpaired) electrons. The molecule has 0 heterocycles. The second kappa shape index (κ2) is 10.1. The van der Waals surface area contributed by atoms with Crippen LogP contribution in [0.3, 0.4) is 0 Å². The Hall–Kier alpha value is -2.58. The molecular formula is C20H26N2O5S. The highest BCUT2D eigenvalue weighted by Gasteiger charge is 2.21. The van der Waals surface area contributed by atoms with Gasteiger partial charge in [-0.05, 0) is 17.7 Å². The minimum Gasteiger partial charge on any atom is -0.497 e. The normalized spacial score (nSPS) is 11.3. The van der Waals surface area contributed by atoms with Crippen molar-refractivity contribution in [1.29, 1.82) is 0 Å². The minimum atomic E-state index is -3.51. The van der Waals surface area contributed by atoms with Gasteiger partial charge in [-0.15, -0.1) is 0 Å². The van der Waals surface area contributed by atoms with Gasteiger partial charge in [0.1, 0.15) is 11.5 Å². The first-order valence-electron chi connectivity index (χ1n) is 8.93. The summed E-state index contributed by atoms with van der Waals surface area (Å²) in [5.41, 5.74) is 1.23. The molecule has 1 amide bonds. The van der Waals surface area contributed by atoms with Gasteiger partial charge in [-0.1, -0.05) is 37.3 Å². The molecule has 0 atom stereocenters. The van der Waals surface area contributed by atoms with Crippen LogP contribution in [0.25, 0.3) is 0 Å². The zero-order valence-electron chi connectivity index (χ0n) is 16.3. The number of nitrogens with zero attached hydrogens (tertiary/aromatic N) is 1. The number of nitrogens with one attached hydrogen (secondary N) is 1. The summed E-state index contributed by atoms with van der Waals surface area (Å²) in [6.07, 6.45) is 0. The van der Waals surface area contributed by atoms with Gasteiger partial charge in [0.05, 0.1) is 25.5 Å². The predicted octanol–water partition coefficient (Wildman–Crippen LogP) is 2.29. The summed E-state index contributed by atoms with van der Waals surface area (Å²) in [5, 5.41) is 2.64. The second-order valence-corrected chi connectivity index (χ2v) is 8.14. The molecule has 2 aromatic rings. The zero-order valence-corrected chi connectivity index (χ0v) is 17.2. The van der Waals surface area contributed by atoms with E-state index in [-0.39, 0.29) is 12.3 Å². The van der Waals surface area contributed by atoms with E-state index in [1.807, 2.05) is 30.3 Å². The van der Waals surface area contributed by atoms with Crippen LogP contribution in [0.2, 0.25) is 0 Å². The Bertz CT molecular complexity index is 885. The summed E-state index contributed by atoms with van der Waals surface area (Å²) >= 11 is 0.